The van der Waals surface area contributed by atoms with Gasteiger partial charge in [-0.05, 0) is 38.5 Å². The fourth-order valence-corrected chi connectivity index (χ4v) is 4.36. The zero-order chi connectivity index (χ0) is 31.2. The Kier molecular flexibility index (Phi) is 27.7. The van der Waals surface area contributed by atoms with E-state index in [1.54, 1.807) is 0 Å². The number of carbonyl (C=O) groups excluding carboxylic acids is 2. The molecule has 42 heavy (non-hydrogen) atoms. The molecular weight excluding hydrogens is 555 g/mol. The fourth-order valence-electron chi connectivity index (χ4n) is 3.90. The average molecular weight is 613 g/mol. The molecule has 0 amide bonds. The fraction of sp³-hybridized carbons (Fsp3) is 0.697. The largest absolute Gasteiger partial charge is 0.472 e. The number of esters is 2. The van der Waals surface area contributed by atoms with E-state index in [0.29, 0.717) is 6.42 Å². The molecule has 0 saturated heterocycles. The van der Waals surface area contributed by atoms with E-state index < -0.39 is 32.5 Å². The molecule has 0 aliphatic carbocycles. The quantitative estimate of drug-likeness (QED) is 0.0403. The van der Waals surface area contributed by atoms with Crippen molar-refractivity contribution in [3.63, 3.8) is 0 Å². The number of rotatable bonds is 28. The minimum atomic E-state index is -4.27. The van der Waals surface area contributed by atoms with Gasteiger partial charge in [0, 0.05) is 20.0 Å². The van der Waals surface area contributed by atoms with E-state index in [1.807, 2.05) is 12.2 Å². The van der Waals surface area contributed by atoms with Crippen LogP contribution in [0.4, 0.5) is 0 Å². The first-order valence-corrected chi connectivity index (χ1v) is 17.3. The first-order valence-electron chi connectivity index (χ1n) is 15.8. The van der Waals surface area contributed by atoms with Crippen LogP contribution in [0.1, 0.15) is 123 Å². The van der Waals surface area contributed by atoms with Crippen LogP contribution in [0.5, 0.6) is 0 Å². The minimum Gasteiger partial charge on any atom is -0.462 e. The molecule has 8 nitrogen and oxygen atoms in total. The molecule has 0 aliphatic heterocycles. The Hall–Kier alpha value is -1.99. The maximum Gasteiger partial charge on any atom is 0.472 e. The van der Waals surface area contributed by atoms with Crippen LogP contribution < -0.4 is 0 Å². The van der Waals surface area contributed by atoms with Crippen LogP contribution in [-0.2, 0) is 32.7 Å². The first kappa shape index (κ1) is 40.0. The van der Waals surface area contributed by atoms with Crippen molar-refractivity contribution >= 4 is 19.8 Å². The molecule has 1 N–H and O–H groups in total. The Labute approximate surface area is 255 Å². The van der Waals surface area contributed by atoms with Crippen molar-refractivity contribution in [3.8, 4) is 0 Å². The third-order valence-corrected chi connectivity index (χ3v) is 7.29. The highest BCUT2D eigenvalue weighted by Crippen LogP contribution is 2.42. The summed E-state index contributed by atoms with van der Waals surface area (Å²) in [7, 11) is -3.22. The van der Waals surface area contributed by atoms with Crippen molar-refractivity contribution < 1.29 is 37.6 Å². The molecule has 0 rings (SSSR count). The van der Waals surface area contributed by atoms with E-state index >= 15 is 0 Å². The van der Waals surface area contributed by atoms with E-state index in [9.17, 15) is 19.0 Å². The van der Waals surface area contributed by atoms with Gasteiger partial charge in [0.05, 0.1) is 6.61 Å². The van der Waals surface area contributed by atoms with Gasteiger partial charge in [0.2, 0.25) is 0 Å². The van der Waals surface area contributed by atoms with E-state index in [0.717, 1.165) is 52.1 Å². The van der Waals surface area contributed by atoms with Gasteiger partial charge in [0.1, 0.15) is 6.61 Å². The van der Waals surface area contributed by atoms with Crippen molar-refractivity contribution in [1.82, 2.24) is 0 Å². The molecule has 2 atom stereocenters. The average Bonchev–Trinajstić information content (AvgIpc) is 2.97. The second-order valence-electron chi connectivity index (χ2n) is 10.2. The number of unbranched alkanes of at least 4 members (excludes halogenated alkanes) is 9. The summed E-state index contributed by atoms with van der Waals surface area (Å²) in [6.07, 6.45) is 31.9. The van der Waals surface area contributed by atoms with E-state index in [1.165, 1.54) is 44.9 Å². The van der Waals surface area contributed by atoms with Crippen molar-refractivity contribution in [2.45, 2.75) is 129 Å². The Morgan fingerprint density at radius 1 is 0.690 bits per heavy atom. The number of hydrogen-bond acceptors (Lipinski definition) is 7. The molecule has 0 radical (unpaired) electrons. The summed E-state index contributed by atoms with van der Waals surface area (Å²) >= 11 is 0. The number of phosphoric acid groups is 1. The summed E-state index contributed by atoms with van der Waals surface area (Å²) in [6.45, 7) is 3.65. The van der Waals surface area contributed by atoms with Gasteiger partial charge in [-0.15, -0.1) is 0 Å². The maximum atomic E-state index is 12.3. The minimum absolute atomic E-state index is 0.123. The topological polar surface area (TPSA) is 108 Å². The third kappa shape index (κ3) is 28.1. The van der Waals surface area contributed by atoms with Gasteiger partial charge in [0.15, 0.2) is 6.10 Å². The lowest BCUT2D eigenvalue weighted by Gasteiger charge is -2.19. The zero-order valence-electron chi connectivity index (χ0n) is 26.4. The summed E-state index contributed by atoms with van der Waals surface area (Å²) in [5, 5.41) is 0. The van der Waals surface area contributed by atoms with Gasteiger partial charge >= 0.3 is 19.8 Å². The summed E-state index contributed by atoms with van der Waals surface area (Å²) in [5.74, 6) is -0.906. The molecule has 0 aromatic rings. The van der Waals surface area contributed by atoms with E-state index in [-0.39, 0.29) is 19.4 Å². The highest BCUT2D eigenvalue weighted by molar-refractivity contribution is 7.47. The Balaban J connectivity index is 4.29. The molecule has 2 unspecified atom stereocenters. The summed E-state index contributed by atoms with van der Waals surface area (Å²) in [4.78, 5) is 34.0. The first-order chi connectivity index (χ1) is 20.3. The smallest absolute Gasteiger partial charge is 0.462 e. The molecular formula is C33H57O8P. The standard InChI is InChI=1S/C33H57O8P/c1-4-6-8-10-12-14-16-17-18-20-22-24-26-28-33(35)41-31(30-40-42(36,37)38-3)29-39-32(34)27-25-23-21-19-15-13-11-9-7-5-2/h6,8,12,14,17-18,22,24,31H,4-5,7,9-11,13,15-16,19-21,23,25-30H2,1-3H3,(H,36,37)/b8-6-,14-12-,18-17-,24-22-. The summed E-state index contributed by atoms with van der Waals surface area (Å²) < 4.78 is 31.6. The van der Waals surface area contributed by atoms with Crippen LogP contribution in [0.15, 0.2) is 48.6 Å². The normalized spacial score (nSPS) is 14.3. The molecule has 0 fully saturated rings. The van der Waals surface area contributed by atoms with E-state index in [2.05, 4.69) is 54.8 Å². The Morgan fingerprint density at radius 2 is 1.21 bits per heavy atom. The Morgan fingerprint density at radius 3 is 1.76 bits per heavy atom. The molecule has 0 heterocycles. The van der Waals surface area contributed by atoms with E-state index in [4.69, 9.17) is 14.0 Å². The number of hydrogen-bond donors (Lipinski definition) is 1. The second kappa shape index (κ2) is 29.1. The van der Waals surface area contributed by atoms with Gasteiger partial charge in [-0.25, -0.2) is 4.57 Å². The van der Waals surface area contributed by atoms with Gasteiger partial charge in [0.25, 0.3) is 0 Å². The van der Waals surface area contributed by atoms with Crippen LogP contribution in [-0.4, -0.2) is 43.3 Å². The molecule has 242 valence electrons. The van der Waals surface area contributed by atoms with Crippen LogP contribution in [0.2, 0.25) is 0 Å². The number of allylic oxidation sites excluding steroid dienone is 8. The second-order valence-corrected chi connectivity index (χ2v) is 11.8. The van der Waals surface area contributed by atoms with Crippen LogP contribution >= 0.6 is 7.82 Å². The van der Waals surface area contributed by atoms with Crippen LogP contribution in [0.3, 0.4) is 0 Å². The SMILES string of the molecule is CC/C=C\C/C=C\C/C=C\C/C=C\CCC(=O)OC(COC(=O)CCCCCCCCCCCC)COP(=O)(O)OC. The highest BCUT2D eigenvalue weighted by Gasteiger charge is 2.24. The highest BCUT2D eigenvalue weighted by atomic mass is 31.2. The lowest BCUT2D eigenvalue weighted by atomic mass is 10.1. The predicted octanol–water partition coefficient (Wildman–Crippen LogP) is 9.10. The number of ether oxygens (including phenoxy) is 2. The lowest BCUT2D eigenvalue weighted by molar-refractivity contribution is -0.161. The zero-order valence-corrected chi connectivity index (χ0v) is 27.3. The summed E-state index contributed by atoms with van der Waals surface area (Å²) in [6, 6.07) is 0. The monoisotopic (exact) mass is 612 g/mol. The molecule has 0 aliphatic rings. The molecule has 0 saturated carbocycles. The summed E-state index contributed by atoms with van der Waals surface area (Å²) in [5.41, 5.74) is 0. The molecule has 9 heteroatoms. The predicted molar refractivity (Wildman–Crippen MR) is 170 cm³/mol. The van der Waals surface area contributed by atoms with Gasteiger partial charge < -0.3 is 14.4 Å². The molecule has 0 aromatic carbocycles. The van der Waals surface area contributed by atoms with Crippen LogP contribution in [0.25, 0.3) is 0 Å². The van der Waals surface area contributed by atoms with Gasteiger partial charge in [-0.1, -0.05) is 120 Å². The third-order valence-electron chi connectivity index (χ3n) is 6.35. The number of phosphoric ester groups is 1. The van der Waals surface area contributed by atoms with Crippen molar-refractivity contribution in [3.05, 3.63) is 48.6 Å². The molecule has 0 spiro atoms. The van der Waals surface area contributed by atoms with Crippen molar-refractivity contribution in [2.75, 3.05) is 20.3 Å². The number of carbonyl (C=O) groups is 2. The van der Waals surface area contributed by atoms with Gasteiger partial charge in [-0.2, -0.15) is 0 Å². The maximum absolute atomic E-state index is 12.3. The lowest BCUT2D eigenvalue weighted by Crippen LogP contribution is -2.29. The molecule has 0 aromatic heterocycles. The van der Waals surface area contributed by atoms with Crippen molar-refractivity contribution in [2.24, 2.45) is 0 Å². The van der Waals surface area contributed by atoms with Crippen molar-refractivity contribution in [1.29, 1.82) is 0 Å². The van der Waals surface area contributed by atoms with Gasteiger partial charge in [-0.3, -0.25) is 18.6 Å². The Bertz CT molecular complexity index is 834. The van der Waals surface area contributed by atoms with Crippen LogP contribution in [0, 0.1) is 0 Å². The molecule has 0 bridgehead atoms.